The van der Waals surface area contributed by atoms with E-state index < -0.39 is 0 Å². The standard InChI is InChI=1S/C18H23/c1-2-3-4-5-6-7-10-16-13-14-17-11-8-9-12-18(17)15-16/h8-9,11-13,15H,2-7,10H2,1H3. The Hall–Kier alpha value is -1.30. The van der Waals surface area contributed by atoms with E-state index in [-0.39, 0.29) is 0 Å². The molecule has 0 atom stereocenters. The highest BCUT2D eigenvalue weighted by atomic mass is 14.0. The van der Waals surface area contributed by atoms with Crippen LogP contribution in [0.25, 0.3) is 10.8 Å². The van der Waals surface area contributed by atoms with Crippen LogP contribution < -0.4 is 0 Å². The van der Waals surface area contributed by atoms with Crippen LogP contribution in [0, 0.1) is 6.07 Å². The smallest absolute Gasteiger partial charge is 0.00963 e. The zero-order chi connectivity index (χ0) is 12.6. The number of hydrogen-bond donors (Lipinski definition) is 0. The van der Waals surface area contributed by atoms with E-state index in [4.69, 9.17) is 0 Å². The highest BCUT2D eigenvalue weighted by Crippen LogP contribution is 2.17. The molecule has 0 unspecified atom stereocenters. The van der Waals surface area contributed by atoms with Gasteiger partial charge in [0.25, 0.3) is 0 Å². The van der Waals surface area contributed by atoms with E-state index >= 15 is 0 Å². The highest BCUT2D eigenvalue weighted by Gasteiger charge is 1.97. The SMILES string of the molecule is CCCCCCCCc1c[c]c2ccccc2c1. The molecule has 1 radical (unpaired) electrons. The van der Waals surface area contributed by atoms with E-state index in [0.717, 1.165) is 0 Å². The topological polar surface area (TPSA) is 0 Å². The molecule has 0 fully saturated rings. The van der Waals surface area contributed by atoms with Gasteiger partial charge in [0.05, 0.1) is 0 Å². The van der Waals surface area contributed by atoms with Crippen LogP contribution >= 0.6 is 0 Å². The van der Waals surface area contributed by atoms with Crippen molar-refractivity contribution in [2.24, 2.45) is 0 Å². The number of hydrogen-bond acceptors (Lipinski definition) is 0. The first-order valence-corrected chi connectivity index (χ1v) is 7.29. The quantitative estimate of drug-likeness (QED) is 0.556. The Kier molecular flexibility index (Phi) is 5.26. The Morgan fingerprint density at radius 2 is 1.72 bits per heavy atom. The first-order valence-electron chi connectivity index (χ1n) is 7.29. The van der Waals surface area contributed by atoms with Crippen LogP contribution in [0.2, 0.25) is 0 Å². The maximum absolute atomic E-state index is 3.38. The summed E-state index contributed by atoms with van der Waals surface area (Å²) in [5, 5.41) is 2.55. The zero-order valence-electron chi connectivity index (χ0n) is 11.4. The summed E-state index contributed by atoms with van der Waals surface area (Å²) >= 11 is 0. The number of fused-ring (bicyclic) bond motifs is 1. The molecule has 0 amide bonds. The van der Waals surface area contributed by atoms with Crippen LogP contribution in [-0.4, -0.2) is 0 Å². The fraction of sp³-hybridized carbons (Fsp3) is 0.444. The molecule has 0 bridgehead atoms. The molecule has 0 N–H and O–H groups in total. The average Bonchev–Trinajstić information content (AvgIpc) is 2.42. The van der Waals surface area contributed by atoms with Crippen molar-refractivity contribution in [1.82, 2.24) is 0 Å². The number of benzene rings is 2. The maximum atomic E-state index is 3.38. The second-order valence-corrected chi connectivity index (χ2v) is 5.11. The Morgan fingerprint density at radius 1 is 0.944 bits per heavy atom. The van der Waals surface area contributed by atoms with Crippen molar-refractivity contribution in [1.29, 1.82) is 0 Å². The van der Waals surface area contributed by atoms with E-state index in [9.17, 15) is 0 Å². The van der Waals surface area contributed by atoms with Gasteiger partial charge in [0.2, 0.25) is 0 Å². The molecule has 0 heteroatoms. The van der Waals surface area contributed by atoms with Crippen molar-refractivity contribution in [3.8, 4) is 0 Å². The molecule has 2 aromatic carbocycles. The van der Waals surface area contributed by atoms with Crippen LogP contribution in [0.5, 0.6) is 0 Å². The number of rotatable bonds is 7. The molecule has 0 saturated heterocycles. The van der Waals surface area contributed by atoms with E-state index in [2.05, 4.69) is 49.4 Å². The van der Waals surface area contributed by atoms with Crippen molar-refractivity contribution in [3.05, 3.63) is 48.0 Å². The molecule has 0 aliphatic rings. The minimum absolute atomic E-state index is 1.20. The van der Waals surface area contributed by atoms with Gasteiger partial charge in [-0.3, -0.25) is 0 Å². The molecule has 0 aromatic heterocycles. The maximum Gasteiger partial charge on any atom is -0.00963 e. The lowest BCUT2D eigenvalue weighted by Crippen LogP contribution is -1.87. The third-order valence-electron chi connectivity index (χ3n) is 3.53. The summed E-state index contributed by atoms with van der Waals surface area (Å²) in [6.45, 7) is 2.27. The lowest BCUT2D eigenvalue weighted by molar-refractivity contribution is 0.607. The van der Waals surface area contributed by atoms with Gasteiger partial charge < -0.3 is 0 Å². The molecule has 2 rings (SSSR count). The Morgan fingerprint density at radius 3 is 2.61 bits per heavy atom. The predicted octanol–water partition coefficient (Wildman–Crippen LogP) is 5.54. The molecule has 0 saturated carbocycles. The largest absolute Gasteiger partial charge is 0.0654 e. The second-order valence-electron chi connectivity index (χ2n) is 5.11. The van der Waals surface area contributed by atoms with Crippen LogP contribution in [0.4, 0.5) is 0 Å². The summed E-state index contributed by atoms with van der Waals surface area (Å²) in [7, 11) is 0. The summed E-state index contributed by atoms with van der Waals surface area (Å²) in [4.78, 5) is 0. The minimum Gasteiger partial charge on any atom is -0.0654 e. The summed E-state index contributed by atoms with van der Waals surface area (Å²) in [6.07, 6.45) is 9.41. The van der Waals surface area contributed by atoms with E-state index in [1.165, 1.54) is 61.3 Å². The molecular formula is C18H23. The van der Waals surface area contributed by atoms with Crippen molar-refractivity contribution in [2.75, 3.05) is 0 Å². The lowest BCUT2D eigenvalue weighted by atomic mass is 10.0. The Labute approximate surface area is 111 Å². The number of unbranched alkanes of at least 4 members (excludes halogenated alkanes) is 5. The minimum atomic E-state index is 1.20. The van der Waals surface area contributed by atoms with Crippen LogP contribution in [-0.2, 0) is 6.42 Å². The first kappa shape index (κ1) is 13.1. The molecule has 0 nitrogen and oxygen atoms in total. The molecule has 0 aliphatic carbocycles. The molecule has 0 spiro atoms. The third-order valence-corrected chi connectivity index (χ3v) is 3.53. The molecule has 0 heterocycles. The van der Waals surface area contributed by atoms with Gasteiger partial charge in [-0.1, -0.05) is 75.4 Å². The zero-order valence-corrected chi connectivity index (χ0v) is 11.4. The van der Waals surface area contributed by atoms with Crippen LogP contribution in [0.1, 0.15) is 51.0 Å². The van der Waals surface area contributed by atoms with Gasteiger partial charge in [0.1, 0.15) is 0 Å². The highest BCUT2D eigenvalue weighted by molar-refractivity contribution is 5.82. The molecule has 95 valence electrons. The number of aryl methyl sites for hydroxylation is 1. The van der Waals surface area contributed by atoms with Crippen molar-refractivity contribution >= 4 is 10.8 Å². The van der Waals surface area contributed by atoms with Gasteiger partial charge in [-0.2, -0.15) is 0 Å². The first-order chi connectivity index (χ1) is 8.90. The molecule has 0 aliphatic heterocycles. The second kappa shape index (κ2) is 7.20. The van der Waals surface area contributed by atoms with Gasteiger partial charge in [0, 0.05) is 0 Å². The van der Waals surface area contributed by atoms with Gasteiger partial charge in [-0.25, -0.2) is 0 Å². The van der Waals surface area contributed by atoms with E-state index in [1.807, 2.05) is 0 Å². The van der Waals surface area contributed by atoms with Gasteiger partial charge in [-0.05, 0) is 35.2 Å². The summed E-state index contributed by atoms with van der Waals surface area (Å²) < 4.78 is 0. The van der Waals surface area contributed by atoms with Crippen molar-refractivity contribution in [3.63, 3.8) is 0 Å². The predicted molar refractivity (Wildman–Crippen MR) is 79.9 cm³/mol. The normalized spacial score (nSPS) is 10.9. The fourth-order valence-electron chi connectivity index (χ4n) is 2.42. The van der Waals surface area contributed by atoms with E-state index in [1.54, 1.807) is 0 Å². The van der Waals surface area contributed by atoms with Gasteiger partial charge in [-0.15, -0.1) is 0 Å². The van der Waals surface area contributed by atoms with Crippen molar-refractivity contribution < 1.29 is 0 Å². The van der Waals surface area contributed by atoms with Crippen molar-refractivity contribution in [2.45, 2.75) is 51.9 Å². The molecular weight excluding hydrogens is 216 g/mol. The summed E-state index contributed by atoms with van der Waals surface area (Å²) in [6, 6.07) is 16.3. The Balaban J connectivity index is 1.81. The third kappa shape index (κ3) is 3.87. The van der Waals surface area contributed by atoms with Crippen LogP contribution in [0.3, 0.4) is 0 Å². The summed E-state index contributed by atoms with van der Waals surface area (Å²) in [5.41, 5.74) is 1.43. The van der Waals surface area contributed by atoms with Crippen LogP contribution in [0.15, 0.2) is 36.4 Å². The monoisotopic (exact) mass is 239 g/mol. The molecule has 18 heavy (non-hydrogen) atoms. The van der Waals surface area contributed by atoms with Gasteiger partial charge in [0.15, 0.2) is 0 Å². The molecule has 2 aromatic rings. The fourth-order valence-corrected chi connectivity index (χ4v) is 2.42. The van der Waals surface area contributed by atoms with E-state index in [0.29, 0.717) is 0 Å². The Bertz CT molecular complexity index is 470. The lowest BCUT2D eigenvalue weighted by Gasteiger charge is -2.04. The average molecular weight is 239 g/mol. The summed E-state index contributed by atoms with van der Waals surface area (Å²) in [5.74, 6) is 0. The van der Waals surface area contributed by atoms with Gasteiger partial charge >= 0.3 is 0 Å².